The van der Waals surface area contributed by atoms with E-state index in [0.717, 1.165) is 0 Å². The highest BCUT2D eigenvalue weighted by molar-refractivity contribution is 4.97. The molecule has 0 aromatic rings. The molecule has 2 nitrogen and oxygen atoms in total. The van der Waals surface area contributed by atoms with Gasteiger partial charge in [-0.15, -0.1) is 0 Å². The van der Waals surface area contributed by atoms with E-state index >= 15 is 0 Å². The van der Waals surface area contributed by atoms with Crippen molar-refractivity contribution < 1.29 is 4.74 Å². The number of rotatable bonds is 6. The van der Waals surface area contributed by atoms with E-state index in [4.69, 9.17) is 4.74 Å². The zero-order chi connectivity index (χ0) is 10.7. The maximum Gasteiger partial charge on any atom is 0.0585 e. The van der Waals surface area contributed by atoms with Crippen molar-refractivity contribution in [3.63, 3.8) is 0 Å². The molecule has 2 rings (SSSR count). The molecule has 0 aromatic heterocycles. The van der Waals surface area contributed by atoms with Gasteiger partial charge in [0, 0.05) is 6.54 Å². The number of ether oxygens (including phenoxy) is 1. The molecular weight excluding hydrogens is 186 g/mol. The van der Waals surface area contributed by atoms with Crippen molar-refractivity contribution in [3.8, 4) is 0 Å². The Bertz CT molecular complexity index is 201. The molecule has 2 atom stereocenters. The summed E-state index contributed by atoms with van der Waals surface area (Å²) in [5.41, 5.74) is 0.615. The molecule has 2 aliphatic rings. The predicted molar refractivity (Wildman–Crippen MR) is 63.0 cm³/mol. The van der Waals surface area contributed by atoms with E-state index in [-0.39, 0.29) is 0 Å². The van der Waals surface area contributed by atoms with E-state index in [1.165, 1.54) is 51.6 Å². The van der Waals surface area contributed by atoms with Gasteiger partial charge in [-0.05, 0) is 57.4 Å². The number of hydrogen-bond acceptors (Lipinski definition) is 2. The first-order chi connectivity index (χ1) is 7.24. The van der Waals surface area contributed by atoms with Crippen LogP contribution in [0.2, 0.25) is 0 Å². The van der Waals surface area contributed by atoms with Crippen molar-refractivity contribution in [2.45, 2.75) is 64.6 Å². The van der Waals surface area contributed by atoms with Gasteiger partial charge in [0.05, 0.1) is 12.2 Å². The van der Waals surface area contributed by atoms with Gasteiger partial charge in [-0.3, -0.25) is 0 Å². The smallest absolute Gasteiger partial charge is 0.0585 e. The van der Waals surface area contributed by atoms with Crippen molar-refractivity contribution in [1.29, 1.82) is 0 Å². The standard InChI is InChI=1S/C13H25NO/c1-3-8-14-10-13(6-7-13)9-12-5-4-11(2)15-12/h11-12,14H,3-10H2,1-2H3. The van der Waals surface area contributed by atoms with E-state index < -0.39 is 0 Å². The lowest BCUT2D eigenvalue weighted by Gasteiger charge is -2.20. The van der Waals surface area contributed by atoms with Gasteiger partial charge in [0.2, 0.25) is 0 Å². The molecule has 1 aliphatic carbocycles. The summed E-state index contributed by atoms with van der Waals surface area (Å²) in [4.78, 5) is 0. The molecule has 2 unspecified atom stereocenters. The Labute approximate surface area is 93.8 Å². The Balaban J connectivity index is 1.69. The van der Waals surface area contributed by atoms with Gasteiger partial charge in [0.1, 0.15) is 0 Å². The molecule has 0 amide bonds. The Morgan fingerprint density at radius 3 is 2.67 bits per heavy atom. The predicted octanol–water partition coefficient (Wildman–Crippen LogP) is 2.72. The van der Waals surface area contributed by atoms with Crippen LogP contribution in [0.4, 0.5) is 0 Å². The quantitative estimate of drug-likeness (QED) is 0.682. The average molecular weight is 211 g/mol. The maximum absolute atomic E-state index is 5.92. The van der Waals surface area contributed by atoms with E-state index in [0.29, 0.717) is 17.6 Å². The van der Waals surface area contributed by atoms with Crippen LogP contribution in [0.3, 0.4) is 0 Å². The minimum absolute atomic E-state index is 0.509. The van der Waals surface area contributed by atoms with Crippen molar-refractivity contribution >= 4 is 0 Å². The Morgan fingerprint density at radius 1 is 1.33 bits per heavy atom. The van der Waals surface area contributed by atoms with Gasteiger partial charge < -0.3 is 10.1 Å². The first-order valence-electron chi connectivity index (χ1n) is 6.60. The average Bonchev–Trinajstić information content (AvgIpc) is 2.84. The molecule has 1 saturated carbocycles. The number of hydrogen-bond donors (Lipinski definition) is 1. The summed E-state index contributed by atoms with van der Waals surface area (Å²) in [6.45, 7) is 6.82. The minimum atomic E-state index is 0.509. The molecule has 1 heterocycles. The van der Waals surface area contributed by atoms with Gasteiger partial charge >= 0.3 is 0 Å². The van der Waals surface area contributed by atoms with Crippen LogP contribution in [0.15, 0.2) is 0 Å². The molecule has 0 radical (unpaired) electrons. The fraction of sp³-hybridized carbons (Fsp3) is 1.00. The lowest BCUT2D eigenvalue weighted by molar-refractivity contribution is 0.0379. The van der Waals surface area contributed by atoms with Crippen LogP contribution >= 0.6 is 0 Å². The number of nitrogens with one attached hydrogen (secondary N) is 1. The molecule has 15 heavy (non-hydrogen) atoms. The van der Waals surface area contributed by atoms with Crippen molar-refractivity contribution in [2.75, 3.05) is 13.1 Å². The molecule has 2 fully saturated rings. The van der Waals surface area contributed by atoms with E-state index in [2.05, 4.69) is 19.2 Å². The van der Waals surface area contributed by atoms with Gasteiger partial charge in [-0.1, -0.05) is 6.92 Å². The zero-order valence-corrected chi connectivity index (χ0v) is 10.2. The summed E-state index contributed by atoms with van der Waals surface area (Å²) in [6.07, 6.45) is 9.00. The highest BCUT2D eigenvalue weighted by atomic mass is 16.5. The summed E-state index contributed by atoms with van der Waals surface area (Å²) in [5, 5.41) is 3.57. The molecular formula is C13H25NO. The van der Waals surface area contributed by atoms with Crippen LogP contribution in [0, 0.1) is 5.41 Å². The summed E-state index contributed by atoms with van der Waals surface area (Å²) >= 11 is 0. The second-order valence-corrected chi connectivity index (χ2v) is 5.53. The Morgan fingerprint density at radius 2 is 2.13 bits per heavy atom. The van der Waals surface area contributed by atoms with Crippen LogP contribution in [0.25, 0.3) is 0 Å². The lowest BCUT2D eigenvalue weighted by atomic mass is 9.96. The third kappa shape index (κ3) is 3.18. The first kappa shape index (κ1) is 11.4. The fourth-order valence-electron chi connectivity index (χ4n) is 2.68. The third-order valence-electron chi connectivity index (χ3n) is 3.86. The second-order valence-electron chi connectivity index (χ2n) is 5.53. The summed E-state index contributed by atoms with van der Waals surface area (Å²) in [7, 11) is 0. The second kappa shape index (κ2) is 4.84. The van der Waals surface area contributed by atoms with Crippen molar-refractivity contribution in [1.82, 2.24) is 5.32 Å². The zero-order valence-electron chi connectivity index (χ0n) is 10.2. The summed E-state index contributed by atoms with van der Waals surface area (Å²) < 4.78 is 5.92. The van der Waals surface area contributed by atoms with Gasteiger partial charge in [0.25, 0.3) is 0 Å². The van der Waals surface area contributed by atoms with Crippen LogP contribution in [0.1, 0.15) is 52.4 Å². The van der Waals surface area contributed by atoms with Crippen LogP contribution in [-0.4, -0.2) is 25.3 Å². The van der Waals surface area contributed by atoms with E-state index in [1.807, 2.05) is 0 Å². The van der Waals surface area contributed by atoms with E-state index in [1.54, 1.807) is 0 Å². The monoisotopic (exact) mass is 211 g/mol. The highest BCUT2D eigenvalue weighted by Gasteiger charge is 2.44. The molecule has 1 saturated heterocycles. The Hall–Kier alpha value is -0.0800. The van der Waals surface area contributed by atoms with Crippen molar-refractivity contribution in [3.05, 3.63) is 0 Å². The molecule has 0 aromatic carbocycles. The molecule has 0 spiro atoms. The SMILES string of the molecule is CCCNCC1(CC2CCC(C)O2)CC1. The van der Waals surface area contributed by atoms with Crippen LogP contribution in [0.5, 0.6) is 0 Å². The fourth-order valence-corrected chi connectivity index (χ4v) is 2.68. The van der Waals surface area contributed by atoms with Gasteiger partial charge in [-0.25, -0.2) is 0 Å². The third-order valence-corrected chi connectivity index (χ3v) is 3.86. The molecule has 1 aliphatic heterocycles. The largest absolute Gasteiger partial charge is 0.375 e. The van der Waals surface area contributed by atoms with Gasteiger partial charge in [-0.2, -0.15) is 0 Å². The topological polar surface area (TPSA) is 21.3 Å². The molecule has 0 bridgehead atoms. The first-order valence-corrected chi connectivity index (χ1v) is 6.60. The summed E-state index contributed by atoms with van der Waals surface area (Å²) in [6, 6.07) is 0. The normalized spacial score (nSPS) is 33.2. The summed E-state index contributed by atoms with van der Waals surface area (Å²) in [5.74, 6) is 0. The highest BCUT2D eigenvalue weighted by Crippen LogP contribution is 2.50. The van der Waals surface area contributed by atoms with Gasteiger partial charge in [0.15, 0.2) is 0 Å². The van der Waals surface area contributed by atoms with Crippen LogP contribution in [-0.2, 0) is 4.74 Å². The Kier molecular flexibility index (Phi) is 3.68. The maximum atomic E-state index is 5.92. The minimum Gasteiger partial charge on any atom is -0.375 e. The van der Waals surface area contributed by atoms with Crippen molar-refractivity contribution in [2.24, 2.45) is 5.41 Å². The molecule has 2 heteroatoms. The molecule has 1 N–H and O–H groups in total. The van der Waals surface area contributed by atoms with E-state index in [9.17, 15) is 0 Å². The van der Waals surface area contributed by atoms with Crippen LogP contribution < -0.4 is 5.32 Å². The lowest BCUT2D eigenvalue weighted by Crippen LogP contribution is -2.27. The molecule has 88 valence electrons.